The minimum Gasteiger partial charge on any atom is -0.325 e. The average molecular weight is 503 g/mol. The van der Waals surface area contributed by atoms with Crippen LogP contribution in [0.3, 0.4) is 0 Å². The number of nitrogens with one attached hydrogen (secondary N) is 3. The molecule has 5 nitrogen and oxygen atoms in total. The quantitative estimate of drug-likeness (QED) is 0.300. The first-order valence-electron chi connectivity index (χ1n) is 8.50. The Bertz CT molecular complexity index is 932. The monoisotopic (exact) mass is 503 g/mol. The topological polar surface area (TPSA) is 70.2 Å². The van der Waals surface area contributed by atoms with Crippen LogP contribution in [0.2, 0.25) is 0 Å². The molecule has 0 unspecified atom stereocenters. The van der Waals surface area contributed by atoms with Gasteiger partial charge in [-0.15, -0.1) is 11.8 Å². The number of thioether (sulfide) groups is 1. The molecule has 0 bridgehead atoms. The van der Waals surface area contributed by atoms with Gasteiger partial charge >= 0.3 is 6.03 Å². The second-order valence-corrected chi connectivity index (χ2v) is 8.11. The Kier molecular flexibility index (Phi) is 7.32. The first kappa shape index (κ1) is 20.2. The molecule has 3 aromatic rings. The fourth-order valence-electron chi connectivity index (χ4n) is 2.33. The van der Waals surface area contributed by atoms with E-state index in [4.69, 9.17) is 0 Å². The van der Waals surface area contributed by atoms with Crippen molar-refractivity contribution in [3.63, 3.8) is 0 Å². The zero-order valence-corrected chi connectivity index (χ0v) is 17.8. The maximum absolute atomic E-state index is 12.1. The molecule has 142 valence electrons. The van der Waals surface area contributed by atoms with Crippen LogP contribution in [-0.4, -0.2) is 17.7 Å². The molecule has 3 amide bonds. The SMILES string of the molecule is O=C(CSc1ccc(NC(=O)Nc2ccccc2)cc1)Nc1ccc(I)cc1. The van der Waals surface area contributed by atoms with Crippen LogP contribution in [0.25, 0.3) is 0 Å². The van der Waals surface area contributed by atoms with Crippen molar-refractivity contribution in [2.45, 2.75) is 4.90 Å². The van der Waals surface area contributed by atoms with Crippen LogP contribution in [-0.2, 0) is 4.79 Å². The molecule has 3 rings (SSSR count). The lowest BCUT2D eigenvalue weighted by Crippen LogP contribution is -2.19. The second-order valence-electron chi connectivity index (χ2n) is 5.81. The number of para-hydroxylation sites is 1. The lowest BCUT2D eigenvalue weighted by atomic mass is 10.3. The normalized spacial score (nSPS) is 10.2. The van der Waals surface area contributed by atoms with Gasteiger partial charge in [-0.25, -0.2) is 4.79 Å². The molecule has 0 aliphatic carbocycles. The van der Waals surface area contributed by atoms with E-state index in [9.17, 15) is 9.59 Å². The van der Waals surface area contributed by atoms with Gasteiger partial charge in [0, 0.05) is 25.5 Å². The fourth-order valence-corrected chi connectivity index (χ4v) is 3.39. The molecule has 0 heterocycles. The average Bonchev–Trinajstić information content (AvgIpc) is 2.70. The number of halogens is 1. The molecule has 0 saturated heterocycles. The Morgan fingerprint density at radius 2 is 1.25 bits per heavy atom. The number of hydrogen-bond acceptors (Lipinski definition) is 3. The van der Waals surface area contributed by atoms with Crippen LogP contribution >= 0.6 is 34.4 Å². The van der Waals surface area contributed by atoms with Crippen LogP contribution in [0, 0.1) is 3.57 Å². The highest BCUT2D eigenvalue weighted by Gasteiger charge is 2.05. The van der Waals surface area contributed by atoms with Crippen molar-refractivity contribution in [1.29, 1.82) is 0 Å². The molecule has 0 fully saturated rings. The lowest BCUT2D eigenvalue weighted by molar-refractivity contribution is -0.113. The van der Waals surface area contributed by atoms with Gasteiger partial charge in [-0.3, -0.25) is 4.79 Å². The Morgan fingerprint density at radius 3 is 1.89 bits per heavy atom. The number of carbonyl (C=O) groups excluding carboxylic acids is 2. The van der Waals surface area contributed by atoms with E-state index >= 15 is 0 Å². The Hall–Kier alpha value is -2.52. The van der Waals surface area contributed by atoms with Gasteiger partial charge in [-0.05, 0) is 83.3 Å². The van der Waals surface area contributed by atoms with E-state index in [1.54, 1.807) is 0 Å². The minimum atomic E-state index is -0.302. The molecule has 0 radical (unpaired) electrons. The van der Waals surface area contributed by atoms with Crippen molar-refractivity contribution in [3.8, 4) is 0 Å². The van der Waals surface area contributed by atoms with Crippen molar-refractivity contribution in [1.82, 2.24) is 0 Å². The maximum Gasteiger partial charge on any atom is 0.323 e. The number of urea groups is 1. The number of amides is 3. The Balaban J connectivity index is 1.45. The van der Waals surface area contributed by atoms with E-state index in [0.29, 0.717) is 11.4 Å². The number of benzene rings is 3. The molecule has 0 aliphatic rings. The van der Waals surface area contributed by atoms with Crippen LogP contribution in [0.4, 0.5) is 21.9 Å². The van der Waals surface area contributed by atoms with Crippen molar-refractivity contribution in [3.05, 3.63) is 82.4 Å². The summed E-state index contributed by atoms with van der Waals surface area (Å²) in [6.45, 7) is 0. The van der Waals surface area contributed by atoms with Gasteiger partial charge in [0.2, 0.25) is 5.91 Å². The third-order valence-electron chi connectivity index (χ3n) is 3.64. The van der Waals surface area contributed by atoms with E-state index in [0.717, 1.165) is 19.8 Å². The molecule has 28 heavy (non-hydrogen) atoms. The lowest BCUT2D eigenvalue weighted by Gasteiger charge is -2.08. The van der Waals surface area contributed by atoms with E-state index in [1.165, 1.54) is 11.8 Å². The Labute approximate surface area is 181 Å². The van der Waals surface area contributed by atoms with Crippen LogP contribution in [0.1, 0.15) is 0 Å². The van der Waals surface area contributed by atoms with E-state index in [1.807, 2.05) is 78.9 Å². The molecule has 0 aliphatic heterocycles. The predicted molar refractivity (Wildman–Crippen MR) is 124 cm³/mol. The third-order valence-corrected chi connectivity index (χ3v) is 5.37. The van der Waals surface area contributed by atoms with Gasteiger partial charge in [0.05, 0.1) is 5.75 Å². The Morgan fingerprint density at radius 1 is 0.714 bits per heavy atom. The summed E-state index contributed by atoms with van der Waals surface area (Å²) in [6.07, 6.45) is 0. The summed E-state index contributed by atoms with van der Waals surface area (Å²) in [5.74, 6) is 0.253. The van der Waals surface area contributed by atoms with Gasteiger partial charge in [0.25, 0.3) is 0 Å². The second kappa shape index (κ2) is 10.1. The highest BCUT2D eigenvalue weighted by atomic mass is 127. The first-order chi connectivity index (χ1) is 13.6. The molecule has 3 N–H and O–H groups in total. The van der Waals surface area contributed by atoms with Gasteiger partial charge in [-0.2, -0.15) is 0 Å². The zero-order valence-electron chi connectivity index (χ0n) is 14.8. The molecule has 3 aromatic carbocycles. The summed E-state index contributed by atoms with van der Waals surface area (Å²) < 4.78 is 1.12. The highest BCUT2D eigenvalue weighted by Crippen LogP contribution is 2.21. The first-order valence-corrected chi connectivity index (χ1v) is 10.6. The molecule has 0 aromatic heterocycles. The van der Waals surface area contributed by atoms with Crippen molar-refractivity contribution in [2.75, 3.05) is 21.7 Å². The zero-order chi connectivity index (χ0) is 19.8. The molecule has 0 atom stereocenters. The fraction of sp³-hybridized carbons (Fsp3) is 0.0476. The van der Waals surface area contributed by atoms with Gasteiger partial charge in [0.1, 0.15) is 0 Å². The molecular weight excluding hydrogens is 485 g/mol. The minimum absolute atomic E-state index is 0.0596. The number of anilines is 3. The van der Waals surface area contributed by atoms with Gasteiger partial charge in [-0.1, -0.05) is 18.2 Å². The van der Waals surface area contributed by atoms with E-state index in [2.05, 4.69) is 38.5 Å². The van der Waals surface area contributed by atoms with E-state index < -0.39 is 0 Å². The summed E-state index contributed by atoms with van der Waals surface area (Å²) in [5.41, 5.74) is 2.20. The summed E-state index contributed by atoms with van der Waals surface area (Å²) in [4.78, 5) is 25.0. The van der Waals surface area contributed by atoms with Crippen LogP contribution < -0.4 is 16.0 Å². The van der Waals surface area contributed by atoms with Crippen LogP contribution in [0.5, 0.6) is 0 Å². The standard InChI is InChI=1S/C21H18IN3O2S/c22-15-6-8-17(9-7-15)23-20(26)14-28-19-12-10-18(11-13-19)25-21(27)24-16-4-2-1-3-5-16/h1-13H,14H2,(H,23,26)(H2,24,25,27). The summed E-state index contributed by atoms with van der Waals surface area (Å²) in [6, 6.07) is 24.0. The largest absolute Gasteiger partial charge is 0.325 e. The van der Waals surface area contributed by atoms with Crippen molar-refractivity contribution >= 4 is 63.4 Å². The summed E-state index contributed by atoms with van der Waals surface area (Å²) in [7, 11) is 0. The van der Waals surface area contributed by atoms with Gasteiger partial charge < -0.3 is 16.0 Å². The predicted octanol–water partition coefficient (Wildman–Crippen LogP) is 5.67. The number of carbonyl (C=O) groups is 2. The molecule has 0 spiro atoms. The highest BCUT2D eigenvalue weighted by molar-refractivity contribution is 14.1. The smallest absolute Gasteiger partial charge is 0.323 e. The number of rotatable bonds is 6. The van der Waals surface area contributed by atoms with Crippen molar-refractivity contribution < 1.29 is 9.59 Å². The third kappa shape index (κ3) is 6.58. The summed E-state index contributed by atoms with van der Waals surface area (Å²) >= 11 is 3.66. The number of hydrogen-bond donors (Lipinski definition) is 3. The van der Waals surface area contributed by atoms with Crippen LogP contribution in [0.15, 0.2) is 83.8 Å². The van der Waals surface area contributed by atoms with E-state index in [-0.39, 0.29) is 11.9 Å². The van der Waals surface area contributed by atoms with Crippen molar-refractivity contribution in [2.24, 2.45) is 0 Å². The molecular formula is C21H18IN3O2S. The molecule has 0 saturated carbocycles. The molecule has 7 heteroatoms. The maximum atomic E-state index is 12.1. The van der Waals surface area contributed by atoms with Gasteiger partial charge in [0.15, 0.2) is 0 Å². The summed E-state index contributed by atoms with van der Waals surface area (Å²) in [5, 5.41) is 8.42.